The Morgan fingerprint density at radius 3 is 2.32 bits per heavy atom. The molecule has 0 aromatic heterocycles. The van der Waals surface area contributed by atoms with E-state index >= 15 is 0 Å². The third-order valence-electron chi connectivity index (χ3n) is 2.67. The van der Waals surface area contributed by atoms with Gasteiger partial charge in [-0.3, -0.25) is 14.9 Å². The van der Waals surface area contributed by atoms with Crippen LogP contribution >= 0.6 is 11.6 Å². The van der Waals surface area contributed by atoms with Crippen molar-refractivity contribution >= 4 is 23.2 Å². The van der Waals surface area contributed by atoms with Crippen LogP contribution in [0.5, 0.6) is 0 Å². The molecule has 0 aliphatic rings. The highest BCUT2D eigenvalue weighted by molar-refractivity contribution is 6.34. The molecule has 0 aliphatic carbocycles. The van der Waals surface area contributed by atoms with E-state index < -0.39 is 4.92 Å². The Kier molecular flexibility index (Phi) is 5.76. The van der Waals surface area contributed by atoms with Crippen LogP contribution in [0.3, 0.4) is 0 Å². The smallest absolute Gasteiger partial charge is 0.270 e. The molecular weight excluding hydrogens is 268 g/mol. The zero-order valence-corrected chi connectivity index (χ0v) is 11.8. The van der Waals surface area contributed by atoms with Gasteiger partial charge < -0.3 is 4.90 Å². The van der Waals surface area contributed by atoms with Crippen LogP contribution in [0.25, 0.3) is 0 Å². The van der Waals surface area contributed by atoms with E-state index in [1.807, 2.05) is 13.8 Å². The highest BCUT2D eigenvalue weighted by atomic mass is 35.5. The molecule has 0 fully saturated rings. The Bertz CT molecular complexity index is 471. The fourth-order valence-corrected chi connectivity index (χ4v) is 2.07. The molecule has 0 radical (unpaired) electrons. The average molecular weight is 285 g/mol. The first-order valence-corrected chi connectivity index (χ1v) is 6.62. The molecule has 5 nitrogen and oxygen atoms in total. The Labute approximate surface area is 117 Å². The Morgan fingerprint density at radius 2 is 1.89 bits per heavy atom. The minimum atomic E-state index is -0.532. The van der Waals surface area contributed by atoms with Gasteiger partial charge in [0.15, 0.2) is 0 Å². The molecule has 0 saturated carbocycles. The second-order valence-electron chi connectivity index (χ2n) is 4.21. The zero-order valence-electron chi connectivity index (χ0n) is 11.1. The third kappa shape index (κ3) is 3.92. The number of nitrogens with zero attached hydrogens (tertiary/aromatic N) is 2. The summed E-state index contributed by atoms with van der Waals surface area (Å²) in [6, 6.07) is 3.93. The molecule has 0 spiro atoms. The number of halogens is 1. The molecular formula is C13H17ClN2O3. The standard InChI is InChI=1S/C13H17ClN2O3/c1-3-7-15(8-4-2)13(17)11-6-5-10(16(18)19)9-12(11)14/h5-6,9H,3-4,7-8H2,1-2H3. The van der Waals surface area contributed by atoms with Gasteiger partial charge in [-0.2, -0.15) is 0 Å². The minimum Gasteiger partial charge on any atom is -0.339 e. The maximum atomic E-state index is 12.3. The summed E-state index contributed by atoms with van der Waals surface area (Å²) >= 11 is 5.96. The van der Waals surface area contributed by atoms with Crippen LogP contribution in [0.1, 0.15) is 37.0 Å². The number of nitro benzene ring substituents is 1. The van der Waals surface area contributed by atoms with Gasteiger partial charge in [0.05, 0.1) is 15.5 Å². The number of carbonyl (C=O) groups is 1. The number of hydrogen-bond acceptors (Lipinski definition) is 3. The van der Waals surface area contributed by atoms with Gasteiger partial charge in [-0.1, -0.05) is 25.4 Å². The minimum absolute atomic E-state index is 0.112. The number of carbonyl (C=O) groups excluding carboxylic acids is 1. The summed E-state index contributed by atoms with van der Waals surface area (Å²) in [5.41, 5.74) is 0.202. The molecule has 0 bridgehead atoms. The molecule has 104 valence electrons. The fourth-order valence-electron chi connectivity index (χ4n) is 1.82. The zero-order chi connectivity index (χ0) is 14.4. The summed E-state index contributed by atoms with van der Waals surface area (Å²) < 4.78 is 0. The average Bonchev–Trinajstić information content (AvgIpc) is 2.37. The third-order valence-corrected chi connectivity index (χ3v) is 2.98. The monoisotopic (exact) mass is 284 g/mol. The quantitative estimate of drug-likeness (QED) is 0.593. The molecule has 0 saturated heterocycles. The van der Waals surface area contributed by atoms with E-state index in [-0.39, 0.29) is 16.6 Å². The molecule has 6 heteroatoms. The topological polar surface area (TPSA) is 63.5 Å². The number of non-ortho nitro benzene ring substituents is 1. The number of hydrogen-bond donors (Lipinski definition) is 0. The Hall–Kier alpha value is -1.62. The van der Waals surface area contributed by atoms with Crippen LogP contribution in [0.15, 0.2) is 18.2 Å². The van der Waals surface area contributed by atoms with Gasteiger partial charge in [0.1, 0.15) is 0 Å². The first-order chi connectivity index (χ1) is 9.01. The van der Waals surface area contributed by atoms with Gasteiger partial charge in [-0.15, -0.1) is 0 Å². The molecule has 0 atom stereocenters. The van der Waals surface area contributed by atoms with Crippen LogP contribution < -0.4 is 0 Å². The van der Waals surface area contributed by atoms with Crippen molar-refractivity contribution in [1.29, 1.82) is 0 Å². The van der Waals surface area contributed by atoms with E-state index in [1.54, 1.807) is 4.90 Å². The molecule has 1 aromatic carbocycles. The van der Waals surface area contributed by atoms with Gasteiger partial charge in [0, 0.05) is 25.2 Å². The van der Waals surface area contributed by atoms with Crippen molar-refractivity contribution in [3.8, 4) is 0 Å². The predicted molar refractivity (Wildman–Crippen MR) is 74.6 cm³/mol. The lowest BCUT2D eigenvalue weighted by molar-refractivity contribution is -0.384. The lowest BCUT2D eigenvalue weighted by atomic mass is 10.1. The van der Waals surface area contributed by atoms with Crippen LogP contribution in [0, 0.1) is 10.1 Å². The number of benzene rings is 1. The highest BCUT2D eigenvalue weighted by Gasteiger charge is 2.19. The summed E-state index contributed by atoms with van der Waals surface area (Å²) in [6.45, 7) is 5.29. The maximum Gasteiger partial charge on any atom is 0.270 e. The van der Waals surface area contributed by atoms with Crippen LogP contribution in [-0.4, -0.2) is 28.8 Å². The summed E-state index contributed by atoms with van der Waals surface area (Å²) in [6.07, 6.45) is 1.71. The molecule has 1 aromatic rings. The normalized spacial score (nSPS) is 10.3. The first kappa shape index (κ1) is 15.4. The highest BCUT2D eigenvalue weighted by Crippen LogP contribution is 2.23. The van der Waals surface area contributed by atoms with Gasteiger partial charge in [0.2, 0.25) is 0 Å². The summed E-state index contributed by atoms with van der Waals surface area (Å²) in [5.74, 6) is -0.177. The van der Waals surface area contributed by atoms with E-state index in [9.17, 15) is 14.9 Å². The first-order valence-electron chi connectivity index (χ1n) is 6.24. The Morgan fingerprint density at radius 1 is 1.32 bits per heavy atom. The van der Waals surface area contributed by atoms with Crippen molar-refractivity contribution in [3.05, 3.63) is 38.9 Å². The SMILES string of the molecule is CCCN(CCC)C(=O)c1ccc([N+](=O)[O-])cc1Cl. The van der Waals surface area contributed by atoms with Crippen LogP contribution in [0.4, 0.5) is 5.69 Å². The van der Waals surface area contributed by atoms with E-state index in [4.69, 9.17) is 11.6 Å². The molecule has 0 heterocycles. The largest absolute Gasteiger partial charge is 0.339 e. The fraction of sp³-hybridized carbons (Fsp3) is 0.462. The summed E-state index contributed by atoms with van der Waals surface area (Å²) in [4.78, 5) is 24.1. The Balaban J connectivity index is 3.01. The van der Waals surface area contributed by atoms with Crippen LogP contribution in [0.2, 0.25) is 5.02 Å². The van der Waals surface area contributed by atoms with Crippen molar-refractivity contribution in [3.63, 3.8) is 0 Å². The summed E-state index contributed by atoms with van der Waals surface area (Å²) in [7, 11) is 0. The van der Waals surface area contributed by atoms with Gasteiger partial charge in [0.25, 0.3) is 11.6 Å². The second-order valence-corrected chi connectivity index (χ2v) is 4.62. The van der Waals surface area contributed by atoms with E-state index in [1.165, 1.54) is 18.2 Å². The van der Waals surface area contributed by atoms with Gasteiger partial charge in [-0.05, 0) is 18.9 Å². The molecule has 0 N–H and O–H groups in total. The molecule has 1 amide bonds. The van der Waals surface area contributed by atoms with Crippen molar-refractivity contribution in [1.82, 2.24) is 4.90 Å². The van der Waals surface area contributed by atoms with Gasteiger partial charge >= 0.3 is 0 Å². The van der Waals surface area contributed by atoms with E-state index in [0.29, 0.717) is 18.7 Å². The summed E-state index contributed by atoms with van der Waals surface area (Å²) in [5, 5.41) is 10.7. The number of rotatable bonds is 6. The van der Waals surface area contributed by atoms with Crippen molar-refractivity contribution in [2.24, 2.45) is 0 Å². The van der Waals surface area contributed by atoms with Gasteiger partial charge in [-0.25, -0.2) is 0 Å². The molecule has 0 unspecified atom stereocenters. The van der Waals surface area contributed by atoms with Crippen molar-refractivity contribution in [2.45, 2.75) is 26.7 Å². The van der Waals surface area contributed by atoms with Crippen LogP contribution in [-0.2, 0) is 0 Å². The molecule has 1 rings (SSSR count). The van der Waals surface area contributed by atoms with Crippen molar-refractivity contribution < 1.29 is 9.72 Å². The molecule has 19 heavy (non-hydrogen) atoms. The number of nitro groups is 1. The van der Waals surface area contributed by atoms with Crippen molar-refractivity contribution in [2.75, 3.05) is 13.1 Å². The second kappa shape index (κ2) is 7.09. The molecule has 0 aliphatic heterocycles. The lowest BCUT2D eigenvalue weighted by Crippen LogP contribution is -2.32. The predicted octanol–water partition coefficient (Wildman–Crippen LogP) is 3.51. The maximum absolute atomic E-state index is 12.3. The lowest BCUT2D eigenvalue weighted by Gasteiger charge is -2.21. The van der Waals surface area contributed by atoms with E-state index in [0.717, 1.165) is 12.8 Å². The van der Waals surface area contributed by atoms with E-state index in [2.05, 4.69) is 0 Å². The number of amides is 1.